The van der Waals surface area contributed by atoms with Gasteiger partial charge in [0.15, 0.2) is 0 Å². The van der Waals surface area contributed by atoms with Gasteiger partial charge >= 0.3 is 0 Å². The van der Waals surface area contributed by atoms with Crippen LogP contribution < -0.4 is 0 Å². The topological polar surface area (TPSA) is 43.7 Å². The number of hydrogen-bond acceptors (Lipinski definition) is 3. The van der Waals surface area contributed by atoms with Gasteiger partial charge in [-0.15, -0.1) is 0 Å². The minimum Gasteiger partial charge on any atom is -0.387 e. The van der Waals surface area contributed by atoms with E-state index >= 15 is 0 Å². The third-order valence-electron chi connectivity index (χ3n) is 7.20. The number of likely N-dealkylation sites (tertiary alicyclic amines) is 1. The van der Waals surface area contributed by atoms with Crippen molar-refractivity contribution >= 4 is 0 Å². The highest BCUT2D eigenvalue weighted by molar-refractivity contribution is 5.37. The summed E-state index contributed by atoms with van der Waals surface area (Å²) in [5, 5.41) is 22.9. The molecule has 3 aromatic carbocycles. The lowest BCUT2D eigenvalue weighted by atomic mass is 9.72. The minimum absolute atomic E-state index is 0.111. The summed E-state index contributed by atoms with van der Waals surface area (Å²) >= 11 is 0. The normalized spacial score (nSPS) is 17.1. The van der Waals surface area contributed by atoms with E-state index in [-0.39, 0.29) is 11.3 Å². The fourth-order valence-corrected chi connectivity index (χ4v) is 5.11. The maximum Gasteiger partial charge on any atom is 0.117 e. The first kappa shape index (κ1) is 23.7. The van der Waals surface area contributed by atoms with Crippen molar-refractivity contribution in [2.75, 3.05) is 19.6 Å². The van der Waals surface area contributed by atoms with Crippen LogP contribution in [0.25, 0.3) is 0 Å². The Morgan fingerprint density at radius 3 is 1.70 bits per heavy atom. The van der Waals surface area contributed by atoms with Crippen molar-refractivity contribution in [2.24, 2.45) is 5.92 Å². The van der Waals surface area contributed by atoms with Crippen LogP contribution in [0.5, 0.6) is 0 Å². The van der Waals surface area contributed by atoms with E-state index in [1.165, 1.54) is 5.56 Å². The molecule has 1 heterocycles. The Morgan fingerprint density at radius 2 is 1.24 bits per heavy atom. The van der Waals surface area contributed by atoms with E-state index in [1.54, 1.807) is 0 Å². The number of piperidine rings is 1. The molecule has 0 amide bonds. The molecule has 3 nitrogen and oxygen atoms in total. The first-order chi connectivity index (χ1) is 15.8. The Hall–Kier alpha value is -2.46. The van der Waals surface area contributed by atoms with E-state index in [2.05, 4.69) is 49.9 Å². The molecule has 0 radical (unpaired) electrons. The summed E-state index contributed by atoms with van der Waals surface area (Å²) in [5.74, 6) is 0.127. The zero-order valence-electron chi connectivity index (χ0n) is 20.1. The van der Waals surface area contributed by atoms with Crippen LogP contribution in [0.3, 0.4) is 0 Å². The fourth-order valence-electron chi connectivity index (χ4n) is 5.11. The Labute approximate surface area is 198 Å². The third kappa shape index (κ3) is 5.22. The van der Waals surface area contributed by atoms with E-state index in [1.807, 2.05) is 60.7 Å². The molecular formula is C30H37NO2. The van der Waals surface area contributed by atoms with Gasteiger partial charge in [0, 0.05) is 6.54 Å². The molecule has 1 saturated heterocycles. The van der Waals surface area contributed by atoms with Crippen LogP contribution in [0, 0.1) is 5.92 Å². The first-order valence-electron chi connectivity index (χ1n) is 12.1. The van der Waals surface area contributed by atoms with Crippen LogP contribution in [0.4, 0.5) is 0 Å². The van der Waals surface area contributed by atoms with Crippen molar-refractivity contribution in [3.8, 4) is 0 Å². The van der Waals surface area contributed by atoms with Crippen molar-refractivity contribution in [3.05, 3.63) is 107 Å². The third-order valence-corrected chi connectivity index (χ3v) is 7.20. The lowest BCUT2D eigenvalue weighted by molar-refractivity contribution is -0.0198. The molecule has 1 atom stereocenters. The molecule has 0 spiro atoms. The van der Waals surface area contributed by atoms with Gasteiger partial charge in [-0.05, 0) is 59.5 Å². The van der Waals surface area contributed by atoms with Crippen LogP contribution in [-0.4, -0.2) is 34.7 Å². The maximum absolute atomic E-state index is 12.0. The molecule has 0 saturated carbocycles. The highest BCUT2D eigenvalue weighted by Gasteiger charge is 2.41. The molecule has 2 N–H and O–H groups in total. The molecule has 3 aromatic rings. The molecule has 0 unspecified atom stereocenters. The lowest BCUT2D eigenvalue weighted by Gasteiger charge is -2.42. The van der Waals surface area contributed by atoms with Gasteiger partial charge in [0.2, 0.25) is 0 Å². The van der Waals surface area contributed by atoms with Crippen molar-refractivity contribution in [3.63, 3.8) is 0 Å². The second kappa shape index (κ2) is 9.80. The molecule has 1 aliphatic rings. The predicted octanol–water partition coefficient (Wildman–Crippen LogP) is 5.67. The van der Waals surface area contributed by atoms with E-state index in [4.69, 9.17) is 0 Å². The van der Waals surface area contributed by atoms with Crippen LogP contribution in [-0.2, 0) is 11.0 Å². The van der Waals surface area contributed by atoms with Gasteiger partial charge in [0.25, 0.3) is 0 Å². The highest BCUT2D eigenvalue weighted by Crippen LogP contribution is 2.42. The van der Waals surface area contributed by atoms with Gasteiger partial charge in [-0.1, -0.05) is 106 Å². The smallest absolute Gasteiger partial charge is 0.117 e. The number of β-amino-alcohol motifs (C(OH)–C–C–N with tert-alkyl or cyclic N) is 1. The minimum atomic E-state index is -1.00. The molecule has 0 aliphatic carbocycles. The number of aliphatic hydroxyl groups excluding tert-OH is 1. The summed E-state index contributed by atoms with van der Waals surface area (Å²) in [4.78, 5) is 2.33. The molecule has 0 bridgehead atoms. The quantitative estimate of drug-likeness (QED) is 0.516. The zero-order chi connectivity index (χ0) is 23.5. The van der Waals surface area contributed by atoms with E-state index < -0.39 is 11.7 Å². The Bertz CT molecular complexity index is 961. The van der Waals surface area contributed by atoms with Crippen LogP contribution in [0.15, 0.2) is 84.9 Å². The van der Waals surface area contributed by atoms with Gasteiger partial charge in [-0.3, -0.25) is 0 Å². The number of aliphatic hydroxyl groups is 2. The number of hydrogen-bond donors (Lipinski definition) is 2. The standard InChI is InChI=1S/C30H37NO2/c1-29(2,3)24-16-14-23(15-17-24)28(32)22-31-20-18-27(19-21-31)30(33,25-10-6-4-7-11-25)26-12-8-5-9-13-26/h4-17,27-28,32-33H,18-22H2,1-3H3/t28-/m0/s1. The van der Waals surface area contributed by atoms with E-state index in [0.29, 0.717) is 6.54 Å². The van der Waals surface area contributed by atoms with E-state index in [9.17, 15) is 10.2 Å². The van der Waals surface area contributed by atoms with Crippen molar-refractivity contribution in [1.82, 2.24) is 4.90 Å². The van der Waals surface area contributed by atoms with Crippen molar-refractivity contribution in [1.29, 1.82) is 0 Å². The second-order valence-electron chi connectivity index (χ2n) is 10.5. The molecular weight excluding hydrogens is 406 g/mol. The Kier molecular flexibility index (Phi) is 7.04. The van der Waals surface area contributed by atoms with E-state index in [0.717, 1.165) is 42.6 Å². The lowest BCUT2D eigenvalue weighted by Crippen LogP contribution is -2.45. The van der Waals surface area contributed by atoms with Gasteiger partial charge in [0.1, 0.15) is 5.60 Å². The monoisotopic (exact) mass is 443 g/mol. The Balaban J connectivity index is 1.44. The second-order valence-corrected chi connectivity index (χ2v) is 10.5. The number of rotatable bonds is 6. The van der Waals surface area contributed by atoms with Gasteiger partial charge in [0.05, 0.1) is 6.10 Å². The largest absolute Gasteiger partial charge is 0.387 e. The molecule has 0 aromatic heterocycles. The molecule has 174 valence electrons. The van der Waals surface area contributed by atoms with Crippen molar-refractivity contribution in [2.45, 2.75) is 50.7 Å². The zero-order valence-corrected chi connectivity index (χ0v) is 20.1. The fraction of sp³-hybridized carbons (Fsp3) is 0.400. The molecule has 1 fully saturated rings. The van der Waals surface area contributed by atoms with Gasteiger partial charge in [-0.25, -0.2) is 0 Å². The molecule has 3 heteroatoms. The summed E-state index contributed by atoms with van der Waals surface area (Å²) in [7, 11) is 0. The maximum atomic E-state index is 12.0. The number of nitrogens with zero attached hydrogens (tertiary/aromatic N) is 1. The summed E-state index contributed by atoms with van der Waals surface area (Å²) < 4.78 is 0. The molecule has 1 aliphatic heterocycles. The SMILES string of the molecule is CC(C)(C)c1ccc([C@@H](O)CN2CCC(C(O)(c3ccccc3)c3ccccc3)CC2)cc1. The van der Waals surface area contributed by atoms with Crippen LogP contribution in [0.1, 0.15) is 62.0 Å². The molecule has 33 heavy (non-hydrogen) atoms. The Morgan fingerprint density at radius 1 is 0.758 bits per heavy atom. The van der Waals surface area contributed by atoms with Crippen molar-refractivity contribution < 1.29 is 10.2 Å². The molecule has 4 rings (SSSR count). The summed E-state index contributed by atoms with van der Waals surface area (Å²) in [6.45, 7) is 8.96. The van der Waals surface area contributed by atoms with Crippen LogP contribution in [0.2, 0.25) is 0 Å². The number of benzene rings is 3. The van der Waals surface area contributed by atoms with Crippen LogP contribution >= 0.6 is 0 Å². The predicted molar refractivity (Wildman–Crippen MR) is 135 cm³/mol. The summed E-state index contributed by atoms with van der Waals surface area (Å²) in [5.41, 5.74) is 3.26. The average molecular weight is 444 g/mol. The average Bonchev–Trinajstić information content (AvgIpc) is 2.84. The van der Waals surface area contributed by atoms with Gasteiger partial charge in [-0.2, -0.15) is 0 Å². The summed E-state index contributed by atoms with van der Waals surface area (Å²) in [6.07, 6.45) is 1.27. The first-order valence-corrected chi connectivity index (χ1v) is 12.1. The highest BCUT2D eigenvalue weighted by atomic mass is 16.3. The van der Waals surface area contributed by atoms with Gasteiger partial charge < -0.3 is 15.1 Å². The summed E-state index contributed by atoms with van der Waals surface area (Å²) in [6, 6.07) is 28.5.